The first kappa shape index (κ1) is 12.8. The number of nitrogens with one attached hydrogen (secondary N) is 1. The minimum atomic E-state index is 0.395. The highest BCUT2D eigenvalue weighted by Crippen LogP contribution is 2.17. The lowest BCUT2D eigenvalue weighted by Gasteiger charge is -2.14. The van der Waals surface area contributed by atoms with Crippen LogP contribution in [0.25, 0.3) is 0 Å². The molecule has 0 unspecified atom stereocenters. The molecule has 1 N–H and O–H groups in total. The number of halogens is 1. The van der Waals surface area contributed by atoms with E-state index in [0.29, 0.717) is 6.04 Å². The zero-order valence-corrected chi connectivity index (χ0v) is 12.2. The second-order valence-electron chi connectivity index (χ2n) is 4.11. The van der Waals surface area contributed by atoms with Crippen molar-refractivity contribution in [2.24, 2.45) is 0 Å². The summed E-state index contributed by atoms with van der Waals surface area (Å²) >= 11 is 5.27. The van der Waals surface area contributed by atoms with Gasteiger partial charge in [0.25, 0.3) is 0 Å². The molecule has 1 aromatic carbocycles. The van der Waals surface area contributed by atoms with Crippen LogP contribution in [0.5, 0.6) is 0 Å². The van der Waals surface area contributed by atoms with Crippen LogP contribution in [0.4, 0.5) is 0 Å². The average molecular weight is 310 g/mol. The Morgan fingerprint density at radius 2 is 2.24 bits per heavy atom. The molecule has 0 bridgehead atoms. The molecule has 2 rings (SSSR count). The van der Waals surface area contributed by atoms with E-state index in [1.807, 2.05) is 0 Å². The van der Waals surface area contributed by atoms with E-state index in [2.05, 4.69) is 69.3 Å². The van der Waals surface area contributed by atoms with Gasteiger partial charge in [0.2, 0.25) is 0 Å². The minimum absolute atomic E-state index is 0.395. The Balaban J connectivity index is 1.83. The predicted octanol–water partition coefficient (Wildman–Crippen LogP) is 4.40. The van der Waals surface area contributed by atoms with Crippen LogP contribution in [0.2, 0.25) is 0 Å². The van der Waals surface area contributed by atoms with Crippen molar-refractivity contribution in [3.8, 4) is 0 Å². The fourth-order valence-electron chi connectivity index (χ4n) is 1.76. The summed E-state index contributed by atoms with van der Waals surface area (Å²) in [5.74, 6) is 0. The SMILES string of the molecule is C[C@@H](NCCc1ccsc1)c1cccc(Br)c1. The molecule has 17 heavy (non-hydrogen) atoms. The highest BCUT2D eigenvalue weighted by molar-refractivity contribution is 9.10. The molecule has 3 heteroatoms. The van der Waals surface area contributed by atoms with Crippen LogP contribution in [0.3, 0.4) is 0 Å². The van der Waals surface area contributed by atoms with Gasteiger partial charge in [-0.2, -0.15) is 11.3 Å². The normalized spacial score (nSPS) is 12.6. The van der Waals surface area contributed by atoms with Gasteiger partial charge in [-0.25, -0.2) is 0 Å². The summed E-state index contributed by atoms with van der Waals surface area (Å²) in [5.41, 5.74) is 2.74. The fraction of sp³-hybridized carbons (Fsp3) is 0.286. The molecule has 0 fully saturated rings. The maximum atomic E-state index is 3.55. The van der Waals surface area contributed by atoms with Gasteiger partial charge in [0.05, 0.1) is 0 Å². The fourth-order valence-corrected chi connectivity index (χ4v) is 2.88. The Kier molecular flexibility index (Phi) is 4.77. The topological polar surface area (TPSA) is 12.0 Å². The highest BCUT2D eigenvalue weighted by atomic mass is 79.9. The lowest BCUT2D eigenvalue weighted by atomic mass is 10.1. The molecule has 1 atom stereocenters. The van der Waals surface area contributed by atoms with Crippen molar-refractivity contribution < 1.29 is 0 Å². The summed E-state index contributed by atoms with van der Waals surface area (Å²) in [6, 6.07) is 11.1. The van der Waals surface area contributed by atoms with Crippen LogP contribution in [0.15, 0.2) is 45.6 Å². The van der Waals surface area contributed by atoms with Crippen molar-refractivity contribution in [3.05, 3.63) is 56.7 Å². The van der Waals surface area contributed by atoms with Crippen LogP contribution in [0.1, 0.15) is 24.1 Å². The van der Waals surface area contributed by atoms with Crippen molar-refractivity contribution in [2.45, 2.75) is 19.4 Å². The first-order chi connectivity index (χ1) is 8.25. The third kappa shape index (κ3) is 3.95. The first-order valence-electron chi connectivity index (χ1n) is 5.75. The van der Waals surface area contributed by atoms with Crippen molar-refractivity contribution in [3.63, 3.8) is 0 Å². The molecular weight excluding hydrogens is 294 g/mol. The van der Waals surface area contributed by atoms with E-state index in [-0.39, 0.29) is 0 Å². The standard InChI is InChI=1S/C14H16BrNS/c1-11(13-3-2-4-14(15)9-13)16-7-5-12-6-8-17-10-12/h2-4,6,8-11,16H,5,7H2,1H3/t11-/m1/s1. The van der Waals surface area contributed by atoms with E-state index in [4.69, 9.17) is 0 Å². The van der Waals surface area contributed by atoms with E-state index >= 15 is 0 Å². The van der Waals surface area contributed by atoms with Gasteiger partial charge >= 0.3 is 0 Å². The van der Waals surface area contributed by atoms with Crippen LogP contribution in [0, 0.1) is 0 Å². The molecule has 90 valence electrons. The van der Waals surface area contributed by atoms with Crippen LogP contribution < -0.4 is 5.32 Å². The predicted molar refractivity (Wildman–Crippen MR) is 78.6 cm³/mol. The first-order valence-corrected chi connectivity index (χ1v) is 7.49. The Morgan fingerprint density at radius 1 is 1.35 bits per heavy atom. The zero-order valence-electron chi connectivity index (χ0n) is 9.82. The van der Waals surface area contributed by atoms with Gasteiger partial charge in [0, 0.05) is 10.5 Å². The second kappa shape index (κ2) is 6.34. The number of rotatable bonds is 5. The van der Waals surface area contributed by atoms with Crippen LogP contribution in [-0.4, -0.2) is 6.54 Å². The monoisotopic (exact) mass is 309 g/mol. The van der Waals surface area contributed by atoms with Gasteiger partial charge in [-0.05, 0) is 60.0 Å². The molecule has 0 aliphatic carbocycles. The third-order valence-electron chi connectivity index (χ3n) is 2.79. The molecule has 0 spiro atoms. The molecule has 1 heterocycles. The molecule has 0 saturated heterocycles. The number of hydrogen-bond acceptors (Lipinski definition) is 2. The van der Waals surface area contributed by atoms with Gasteiger partial charge in [-0.3, -0.25) is 0 Å². The van der Waals surface area contributed by atoms with Gasteiger partial charge < -0.3 is 5.32 Å². The largest absolute Gasteiger partial charge is 0.310 e. The van der Waals surface area contributed by atoms with Gasteiger partial charge in [-0.15, -0.1) is 0 Å². The molecule has 0 saturated carbocycles. The van der Waals surface area contributed by atoms with Crippen LogP contribution >= 0.6 is 27.3 Å². The van der Waals surface area contributed by atoms with E-state index in [9.17, 15) is 0 Å². The minimum Gasteiger partial charge on any atom is -0.310 e. The Bertz CT molecular complexity index is 453. The molecular formula is C14H16BrNS. The van der Waals surface area contributed by atoms with E-state index < -0.39 is 0 Å². The quantitative estimate of drug-likeness (QED) is 0.863. The summed E-state index contributed by atoms with van der Waals surface area (Å²) in [6.45, 7) is 3.22. The van der Waals surface area contributed by atoms with Crippen LogP contribution in [-0.2, 0) is 6.42 Å². The summed E-state index contributed by atoms with van der Waals surface area (Å²) in [5, 5.41) is 7.89. The summed E-state index contributed by atoms with van der Waals surface area (Å²) in [6.07, 6.45) is 1.10. The Morgan fingerprint density at radius 3 is 2.94 bits per heavy atom. The third-order valence-corrected chi connectivity index (χ3v) is 4.02. The molecule has 0 aliphatic rings. The summed E-state index contributed by atoms with van der Waals surface area (Å²) in [4.78, 5) is 0. The lowest BCUT2D eigenvalue weighted by molar-refractivity contribution is 0.577. The molecule has 1 aromatic heterocycles. The molecule has 0 aliphatic heterocycles. The maximum Gasteiger partial charge on any atom is 0.0292 e. The molecule has 0 radical (unpaired) electrons. The van der Waals surface area contributed by atoms with Crippen molar-refractivity contribution in [2.75, 3.05) is 6.54 Å². The van der Waals surface area contributed by atoms with Crippen molar-refractivity contribution in [1.82, 2.24) is 5.32 Å². The van der Waals surface area contributed by atoms with Gasteiger partial charge in [0.15, 0.2) is 0 Å². The Labute approximate surface area is 115 Å². The number of thiophene rings is 1. The van der Waals surface area contributed by atoms with E-state index in [1.165, 1.54) is 11.1 Å². The summed E-state index contributed by atoms with van der Waals surface area (Å²) < 4.78 is 1.14. The average Bonchev–Trinajstić information content (AvgIpc) is 2.82. The van der Waals surface area contributed by atoms with E-state index in [0.717, 1.165) is 17.4 Å². The number of benzene rings is 1. The smallest absolute Gasteiger partial charge is 0.0292 e. The Hall–Kier alpha value is -0.640. The summed E-state index contributed by atoms with van der Waals surface area (Å²) in [7, 11) is 0. The lowest BCUT2D eigenvalue weighted by Crippen LogP contribution is -2.21. The van der Waals surface area contributed by atoms with E-state index in [1.54, 1.807) is 11.3 Å². The molecule has 0 amide bonds. The zero-order chi connectivity index (χ0) is 12.1. The second-order valence-corrected chi connectivity index (χ2v) is 5.81. The maximum absolute atomic E-state index is 3.55. The van der Waals surface area contributed by atoms with Gasteiger partial charge in [-0.1, -0.05) is 28.1 Å². The van der Waals surface area contributed by atoms with Gasteiger partial charge in [0.1, 0.15) is 0 Å². The highest BCUT2D eigenvalue weighted by Gasteiger charge is 2.04. The molecule has 2 aromatic rings. The number of hydrogen-bond donors (Lipinski definition) is 1. The molecule has 1 nitrogen and oxygen atoms in total. The van der Waals surface area contributed by atoms with Crippen molar-refractivity contribution >= 4 is 27.3 Å². The van der Waals surface area contributed by atoms with Crippen molar-refractivity contribution in [1.29, 1.82) is 0 Å².